The van der Waals surface area contributed by atoms with Crippen molar-refractivity contribution in [2.45, 2.75) is 39.2 Å². The Bertz CT molecular complexity index is 283. The zero-order chi connectivity index (χ0) is 10.7. The summed E-state index contributed by atoms with van der Waals surface area (Å²) >= 11 is 0. The molecule has 14 heavy (non-hydrogen) atoms. The maximum absolute atomic E-state index is 11.1. The minimum Gasteiger partial charge on any atom is -0.481 e. The van der Waals surface area contributed by atoms with Gasteiger partial charge in [-0.25, -0.2) is 0 Å². The van der Waals surface area contributed by atoms with Crippen LogP contribution in [0, 0.1) is 23.2 Å². The second kappa shape index (κ2) is 2.51. The molecule has 3 rings (SSSR count). The summed E-state index contributed by atoms with van der Waals surface area (Å²) in [4.78, 5) is 11.1. The van der Waals surface area contributed by atoms with Crippen molar-refractivity contribution in [2.24, 2.45) is 28.9 Å². The number of aliphatic carboxylic acids is 1. The fourth-order valence-corrected chi connectivity index (χ4v) is 3.62. The minimum atomic E-state index is -0.722. The van der Waals surface area contributed by atoms with E-state index in [1.807, 2.05) is 6.92 Å². The third kappa shape index (κ3) is 0.991. The van der Waals surface area contributed by atoms with Crippen LogP contribution in [0.25, 0.3) is 0 Å². The topological polar surface area (TPSA) is 63.3 Å². The van der Waals surface area contributed by atoms with Gasteiger partial charge in [0.15, 0.2) is 0 Å². The number of hydrogen-bond donors (Lipinski definition) is 2. The molecule has 0 aromatic heterocycles. The molecule has 0 spiro atoms. The first-order chi connectivity index (χ1) is 6.28. The number of rotatable bonds is 1. The lowest BCUT2D eigenvalue weighted by atomic mass is 9.41. The number of carboxylic acid groups (broad SMARTS) is 1. The van der Waals surface area contributed by atoms with Crippen molar-refractivity contribution >= 4 is 5.97 Å². The minimum absolute atomic E-state index is 0.245. The lowest BCUT2D eigenvalue weighted by Gasteiger charge is -2.65. The van der Waals surface area contributed by atoms with Crippen molar-refractivity contribution in [1.29, 1.82) is 0 Å². The van der Waals surface area contributed by atoms with Crippen molar-refractivity contribution in [2.75, 3.05) is 0 Å². The summed E-state index contributed by atoms with van der Waals surface area (Å²) in [5.41, 5.74) is 5.92. The molecule has 4 atom stereocenters. The van der Waals surface area contributed by atoms with Gasteiger partial charge in [0.25, 0.3) is 0 Å². The van der Waals surface area contributed by atoms with E-state index in [1.165, 1.54) is 0 Å². The molecule has 3 aliphatic carbocycles. The number of hydrogen-bond acceptors (Lipinski definition) is 2. The number of fused-ring (bicyclic) bond motifs is 2. The highest BCUT2D eigenvalue weighted by Crippen LogP contribution is 2.63. The Hall–Kier alpha value is -0.570. The van der Waals surface area contributed by atoms with Crippen LogP contribution in [0.4, 0.5) is 0 Å². The van der Waals surface area contributed by atoms with Crippen LogP contribution in [0.15, 0.2) is 0 Å². The number of carboxylic acids is 1. The molecular weight excluding hydrogens is 178 g/mol. The van der Waals surface area contributed by atoms with Crippen LogP contribution in [0.3, 0.4) is 0 Å². The summed E-state index contributed by atoms with van der Waals surface area (Å²) in [6, 6.07) is 0. The average Bonchev–Trinajstić information content (AvgIpc) is 2.00. The molecule has 3 nitrogen and oxygen atoms in total. The highest BCUT2D eigenvalue weighted by atomic mass is 16.4. The van der Waals surface area contributed by atoms with Gasteiger partial charge in [-0.1, -0.05) is 13.8 Å². The van der Waals surface area contributed by atoms with Crippen LogP contribution in [0.1, 0.15) is 33.6 Å². The number of nitrogens with two attached hydrogens (primary N) is 1. The van der Waals surface area contributed by atoms with Crippen LogP contribution in [-0.4, -0.2) is 16.6 Å². The van der Waals surface area contributed by atoms with E-state index in [9.17, 15) is 4.79 Å². The third-order valence-corrected chi connectivity index (χ3v) is 4.79. The molecule has 2 bridgehead atoms. The van der Waals surface area contributed by atoms with Gasteiger partial charge in [0.1, 0.15) is 0 Å². The van der Waals surface area contributed by atoms with E-state index in [2.05, 4.69) is 13.8 Å². The van der Waals surface area contributed by atoms with E-state index < -0.39 is 11.5 Å². The quantitative estimate of drug-likeness (QED) is 0.669. The molecule has 3 saturated carbocycles. The summed E-state index contributed by atoms with van der Waals surface area (Å²) in [7, 11) is 0. The first kappa shape index (κ1) is 9.97. The molecule has 3 aliphatic rings. The highest BCUT2D eigenvalue weighted by molar-refractivity contribution is 5.72. The van der Waals surface area contributed by atoms with Gasteiger partial charge in [-0.05, 0) is 37.0 Å². The molecule has 0 heterocycles. The van der Waals surface area contributed by atoms with Gasteiger partial charge < -0.3 is 10.8 Å². The van der Waals surface area contributed by atoms with Crippen LogP contribution >= 0.6 is 0 Å². The van der Waals surface area contributed by atoms with Crippen LogP contribution in [0.5, 0.6) is 0 Å². The smallest absolute Gasteiger partial charge is 0.308 e. The van der Waals surface area contributed by atoms with Gasteiger partial charge in [-0.3, -0.25) is 4.79 Å². The van der Waals surface area contributed by atoms with Crippen LogP contribution in [0.2, 0.25) is 0 Å². The van der Waals surface area contributed by atoms with Gasteiger partial charge in [0, 0.05) is 5.54 Å². The summed E-state index contributed by atoms with van der Waals surface area (Å²) in [5.74, 6) is -0.139. The Morgan fingerprint density at radius 1 is 1.36 bits per heavy atom. The molecule has 0 aromatic rings. The zero-order valence-electron chi connectivity index (χ0n) is 9.08. The van der Waals surface area contributed by atoms with Gasteiger partial charge in [0.05, 0.1) is 5.92 Å². The first-order valence-electron chi connectivity index (χ1n) is 5.29. The normalized spacial score (nSPS) is 49.6. The molecule has 3 fully saturated rings. The molecule has 0 radical (unpaired) electrons. The van der Waals surface area contributed by atoms with Gasteiger partial charge in [0.2, 0.25) is 0 Å². The predicted octanol–water partition coefficient (Wildman–Crippen LogP) is 1.47. The fraction of sp³-hybridized carbons (Fsp3) is 0.909. The molecule has 3 heteroatoms. The van der Waals surface area contributed by atoms with E-state index >= 15 is 0 Å². The molecular formula is C11H19NO2. The summed E-state index contributed by atoms with van der Waals surface area (Å²) < 4.78 is 0. The molecule has 80 valence electrons. The molecule has 0 saturated heterocycles. The van der Waals surface area contributed by atoms with E-state index in [4.69, 9.17) is 10.8 Å². The van der Waals surface area contributed by atoms with Gasteiger partial charge in [-0.15, -0.1) is 0 Å². The summed E-state index contributed by atoms with van der Waals surface area (Å²) in [6.07, 6.45) is 1.87. The molecule has 0 aromatic carbocycles. The second-order valence-corrected chi connectivity index (χ2v) is 5.80. The van der Waals surface area contributed by atoms with Crippen molar-refractivity contribution in [3.63, 3.8) is 0 Å². The Balaban J connectivity index is 2.29. The maximum atomic E-state index is 11.1. The third-order valence-electron chi connectivity index (χ3n) is 4.79. The zero-order valence-corrected chi connectivity index (χ0v) is 9.08. The highest BCUT2D eigenvalue weighted by Gasteiger charge is 2.63. The monoisotopic (exact) mass is 197 g/mol. The average molecular weight is 197 g/mol. The SMILES string of the molecule is CC1(C)C2CC(C(=O)O)C(C)(N)C1C2. The van der Waals surface area contributed by atoms with Crippen LogP contribution < -0.4 is 5.73 Å². The van der Waals surface area contributed by atoms with Gasteiger partial charge in [-0.2, -0.15) is 0 Å². The van der Waals surface area contributed by atoms with Crippen molar-refractivity contribution in [3.05, 3.63) is 0 Å². The lowest BCUT2D eigenvalue weighted by molar-refractivity contribution is -0.173. The van der Waals surface area contributed by atoms with E-state index in [0.717, 1.165) is 12.8 Å². The summed E-state index contributed by atoms with van der Waals surface area (Å²) in [5, 5.41) is 9.10. The maximum Gasteiger partial charge on any atom is 0.308 e. The fourth-order valence-electron chi connectivity index (χ4n) is 3.62. The lowest BCUT2D eigenvalue weighted by Crippen LogP contribution is -2.69. The van der Waals surface area contributed by atoms with Crippen molar-refractivity contribution < 1.29 is 9.90 Å². The van der Waals surface area contributed by atoms with Crippen molar-refractivity contribution in [3.8, 4) is 0 Å². The van der Waals surface area contributed by atoms with Gasteiger partial charge >= 0.3 is 5.97 Å². The molecule has 4 unspecified atom stereocenters. The van der Waals surface area contributed by atoms with E-state index in [1.54, 1.807) is 0 Å². The van der Waals surface area contributed by atoms with Crippen molar-refractivity contribution in [1.82, 2.24) is 0 Å². The largest absolute Gasteiger partial charge is 0.481 e. The number of carbonyl (C=O) groups is 1. The second-order valence-electron chi connectivity index (χ2n) is 5.80. The molecule has 0 aliphatic heterocycles. The van der Waals surface area contributed by atoms with Crippen LogP contribution in [-0.2, 0) is 4.79 Å². The Morgan fingerprint density at radius 2 is 1.93 bits per heavy atom. The predicted molar refractivity (Wildman–Crippen MR) is 53.7 cm³/mol. The Morgan fingerprint density at radius 3 is 2.29 bits per heavy atom. The van der Waals surface area contributed by atoms with E-state index in [0.29, 0.717) is 11.8 Å². The molecule has 3 N–H and O–H groups in total. The molecule has 0 amide bonds. The summed E-state index contributed by atoms with van der Waals surface area (Å²) in [6.45, 7) is 6.34. The Kier molecular flexibility index (Phi) is 1.79. The Labute approximate surface area is 84.7 Å². The standard InChI is InChI=1S/C11H19NO2/c1-10(2)6-4-7(9(13)14)11(3,12)8(10)5-6/h6-8H,4-5,12H2,1-3H3,(H,13,14). The van der Waals surface area contributed by atoms with E-state index in [-0.39, 0.29) is 11.3 Å². The first-order valence-corrected chi connectivity index (χ1v) is 5.29.